The molecule has 0 spiro atoms. The Kier molecular flexibility index (Phi) is 3.10. The van der Waals surface area contributed by atoms with Gasteiger partial charge in [-0.1, -0.05) is 0 Å². The van der Waals surface area contributed by atoms with Crippen molar-refractivity contribution in [2.75, 3.05) is 0 Å². The van der Waals surface area contributed by atoms with Crippen molar-refractivity contribution in [2.45, 2.75) is 13.0 Å². The van der Waals surface area contributed by atoms with Gasteiger partial charge in [-0.15, -0.1) is 0 Å². The van der Waals surface area contributed by atoms with Crippen LogP contribution < -0.4 is 10.9 Å². The Labute approximate surface area is 101 Å². The van der Waals surface area contributed by atoms with Crippen LogP contribution >= 0.6 is 11.5 Å². The van der Waals surface area contributed by atoms with Crippen LogP contribution in [0.1, 0.15) is 28.3 Å². The van der Waals surface area contributed by atoms with E-state index >= 15 is 0 Å². The van der Waals surface area contributed by atoms with E-state index in [0.29, 0.717) is 5.69 Å². The Bertz CT molecular complexity index is 569. The van der Waals surface area contributed by atoms with Crippen LogP contribution in [0.5, 0.6) is 0 Å². The van der Waals surface area contributed by atoms with E-state index < -0.39 is 0 Å². The molecule has 17 heavy (non-hydrogen) atoms. The van der Waals surface area contributed by atoms with Gasteiger partial charge in [0.05, 0.1) is 6.04 Å². The summed E-state index contributed by atoms with van der Waals surface area (Å²) in [5, 5.41) is 5.29. The van der Waals surface area contributed by atoms with E-state index in [-0.39, 0.29) is 17.5 Å². The Morgan fingerprint density at radius 2 is 2.41 bits per heavy atom. The van der Waals surface area contributed by atoms with Gasteiger partial charge in [0.25, 0.3) is 11.5 Å². The molecular formula is C10H12N4O2S. The topological polar surface area (TPSA) is 79.8 Å². The first kappa shape index (κ1) is 11.6. The largest absolute Gasteiger partial charge is 0.343 e. The molecule has 0 aliphatic carbocycles. The average molecular weight is 252 g/mol. The Morgan fingerprint density at radius 3 is 2.94 bits per heavy atom. The number of amides is 1. The van der Waals surface area contributed by atoms with Crippen LogP contribution in [0.2, 0.25) is 0 Å². The molecule has 1 atom stereocenters. The highest BCUT2D eigenvalue weighted by atomic mass is 32.1. The monoisotopic (exact) mass is 252 g/mol. The molecule has 0 aliphatic rings. The van der Waals surface area contributed by atoms with E-state index in [4.69, 9.17) is 0 Å². The number of aromatic amines is 1. The summed E-state index contributed by atoms with van der Waals surface area (Å²) in [5.41, 5.74) is 0.0226. The lowest BCUT2D eigenvalue weighted by Gasteiger charge is -2.11. The predicted octanol–water partition coefficient (Wildman–Crippen LogP) is 0.661. The van der Waals surface area contributed by atoms with Gasteiger partial charge >= 0.3 is 0 Å². The van der Waals surface area contributed by atoms with Crippen molar-refractivity contribution in [3.63, 3.8) is 0 Å². The average Bonchev–Trinajstić information content (AvgIpc) is 2.87. The van der Waals surface area contributed by atoms with E-state index in [9.17, 15) is 9.59 Å². The summed E-state index contributed by atoms with van der Waals surface area (Å²) in [4.78, 5) is 23.9. The zero-order valence-corrected chi connectivity index (χ0v) is 10.2. The number of carbonyl (C=O) groups is 1. The van der Waals surface area contributed by atoms with Gasteiger partial charge in [0.15, 0.2) is 0 Å². The van der Waals surface area contributed by atoms with Crippen LogP contribution in [0.3, 0.4) is 0 Å². The number of hydrogen-bond donors (Lipinski definition) is 2. The van der Waals surface area contributed by atoms with Gasteiger partial charge in [0.2, 0.25) is 0 Å². The van der Waals surface area contributed by atoms with Crippen LogP contribution in [-0.4, -0.2) is 20.1 Å². The van der Waals surface area contributed by atoms with Crippen molar-refractivity contribution in [3.05, 3.63) is 39.3 Å². The van der Waals surface area contributed by atoms with Gasteiger partial charge in [0.1, 0.15) is 5.69 Å². The maximum atomic E-state index is 11.9. The highest BCUT2D eigenvalue weighted by molar-refractivity contribution is 7.05. The van der Waals surface area contributed by atoms with E-state index in [1.54, 1.807) is 13.2 Å². The van der Waals surface area contributed by atoms with Crippen LogP contribution in [0, 0.1) is 0 Å². The van der Waals surface area contributed by atoms with E-state index in [1.165, 1.54) is 22.3 Å². The summed E-state index contributed by atoms with van der Waals surface area (Å²) in [7, 11) is 1.62. The van der Waals surface area contributed by atoms with Crippen molar-refractivity contribution in [2.24, 2.45) is 7.05 Å². The standard InChI is InChI=1S/C10H12N4O2S/c1-6(8-3-4-11-17-8)12-10(16)7-5-9(15)13-14(7)2/h3-6H,1-2H3,(H,12,16)(H,13,15). The minimum absolute atomic E-state index is 0.125. The van der Waals surface area contributed by atoms with Crippen molar-refractivity contribution in [1.29, 1.82) is 0 Å². The molecule has 2 N–H and O–H groups in total. The summed E-state index contributed by atoms with van der Waals surface area (Å²) in [5.74, 6) is -0.285. The lowest BCUT2D eigenvalue weighted by atomic mass is 10.2. The molecule has 0 fully saturated rings. The third-order valence-electron chi connectivity index (χ3n) is 2.37. The second-order valence-corrected chi connectivity index (χ2v) is 4.54. The van der Waals surface area contributed by atoms with Gasteiger partial charge in [-0.25, -0.2) is 4.37 Å². The number of aromatic nitrogens is 3. The normalized spacial score (nSPS) is 12.4. The van der Waals surface area contributed by atoms with Gasteiger partial charge in [-0.2, -0.15) is 0 Å². The lowest BCUT2D eigenvalue weighted by Crippen LogP contribution is -2.27. The second-order valence-electron chi connectivity index (χ2n) is 3.67. The Hall–Kier alpha value is -1.89. The number of nitrogens with zero attached hydrogens (tertiary/aromatic N) is 2. The maximum absolute atomic E-state index is 11.9. The minimum Gasteiger partial charge on any atom is -0.343 e. The van der Waals surface area contributed by atoms with Crippen LogP contribution in [0.15, 0.2) is 23.1 Å². The molecule has 2 aromatic heterocycles. The molecule has 1 amide bonds. The SMILES string of the molecule is CC(NC(=O)c1cc(=O)[nH]n1C)c1ccns1. The number of carbonyl (C=O) groups excluding carboxylic acids is 1. The molecule has 0 aliphatic heterocycles. The third-order valence-corrected chi connectivity index (χ3v) is 3.30. The number of H-pyrrole nitrogens is 1. The molecule has 2 aromatic rings. The molecule has 2 rings (SSSR count). The number of hydrogen-bond acceptors (Lipinski definition) is 4. The maximum Gasteiger partial charge on any atom is 0.270 e. The fourth-order valence-corrected chi connectivity index (χ4v) is 2.07. The minimum atomic E-state index is -0.289. The van der Waals surface area contributed by atoms with E-state index in [2.05, 4.69) is 14.8 Å². The summed E-state index contributed by atoms with van der Waals surface area (Å²) in [6, 6.07) is 3.00. The fraction of sp³-hybridized carbons (Fsp3) is 0.300. The van der Waals surface area contributed by atoms with Crippen molar-refractivity contribution < 1.29 is 4.79 Å². The molecule has 2 heterocycles. The summed E-state index contributed by atoms with van der Waals surface area (Å²) < 4.78 is 5.37. The first-order valence-corrected chi connectivity index (χ1v) is 5.83. The predicted molar refractivity (Wildman–Crippen MR) is 64.0 cm³/mol. The number of rotatable bonds is 3. The molecule has 1 unspecified atom stereocenters. The number of nitrogens with one attached hydrogen (secondary N) is 2. The van der Waals surface area contributed by atoms with Gasteiger partial charge in [0, 0.05) is 24.2 Å². The molecule has 6 nitrogen and oxygen atoms in total. The first-order chi connectivity index (χ1) is 8.08. The fourth-order valence-electron chi connectivity index (χ4n) is 1.49. The Balaban J connectivity index is 2.12. The van der Waals surface area contributed by atoms with E-state index in [0.717, 1.165) is 4.88 Å². The molecular weight excluding hydrogens is 240 g/mol. The highest BCUT2D eigenvalue weighted by Gasteiger charge is 2.15. The van der Waals surface area contributed by atoms with E-state index in [1.807, 2.05) is 13.0 Å². The number of aryl methyl sites for hydroxylation is 1. The molecule has 0 saturated carbocycles. The van der Waals surface area contributed by atoms with Gasteiger partial charge in [-0.3, -0.25) is 19.4 Å². The first-order valence-electron chi connectivity index (χ1n) is 5.05. The summed E-state index contributed by atoms with van der Waals surface area (Å²) in [6.45, 7) is 1.87. The molecule has 0 saturated heterocycles. The van der Waals surface area contributed by atoms with Crippen LogP contribution in [0.4, 0.5) is 0 Å². The molecule has 90 valence electrons. The lowest BCUT2D eigenvalue weighted by molar-refractivity contribution is 0.0931. The van der Waals surface area contributed by atoms with Crippen molar-refractivity contribution >= 4 is 17.4 Å². The zero-order chi connectivity index (χ0) is 12.4. The third kappa shape index (κ3) is 2.44. The Morgan fingerprint density at radius 1 is 1.65 bits per heavy atom. The van der Waals surface area contributed by atoms with Gasteiger partial charge < -0.3 is 5.32 Å². The molecule has 0 aromatic carbocycles. The smallest absolute Gasteiger partial charge is 0.270 e. The van der Waals surface area contributed by atoms with Gasteiger partial charge in [-0.05, 0) is 24.5 Å². The quantitative estimate of drug-likeness (QED) is 0.842. The second kappa shape index (κ2) is 4.54. The zero-order valence-electron chi connectivity index (χ0n) is 9.43. The molecule has 0 radical (unpaired) electrons. The molecule has 7 heteroatoms. The van der Waals surface area contributed by atoms with Crippen LogP contribution in [-0.2, 0) is 7.05 Å². The van der Waals surface area contributed by atoms with Crippen molar-refractivity contribution in [1.82, 2.24) is 19.5 Å². The summed E-state index contributed by atoms with van der Waals surface area (Å²) >= 11 is 1.34. The highest BCUT2D eigenvalue weighted by Crippen LogP contribution is 2.15. The summed E-state index contributed by atoms with van der Waals surface area (Å²) in [6.07, 6.45) is 1.69. The van der Waals surface area contributed by atoms with Crippen LogP contribution in [0.25, 0.3) is 0 Å². The molecule has 0 bridgehead atoms. The van der Waals surface area contributed by atoms with Crippen molar-refractivity contribution in [3.8, 4) is 0 Å².